The van der Waals surface area contributed by atoms with Crippen LogP contribution in [0.3, 0.4) is 0 Å². The first-order valence-corrected chi connectivity index (χ1v) is 8.96. The monoisotopic (exact) mass is 422 g/mol. The van der Waals surface area contributed by atoms with Gasteiger partial charge in [0.25, 0.3) is 0 Å². The zero-order valence-electron chi connectivity index (χ0n) is 16.6. The molecule has 30 heavy (non-hydrogen) atoms. The molecule has 1 aromatic rings. The van der Waals surface area contributed by atoms with Crippen LogP contribution in [0, 0.1) is 0 Å². The summed E-state index contributed by atoms with van der Waals surface area (Å²) in [5.74, 6) is -2.73. The maximum absolute atomic E-state index is 12.5. The van der Waals surface area contributed by atoms with Crippen LogP contribution < -0.4 is 33.2 Å². The van der Waals surface area contributed by atoms with Crippen LogP contribution in [0.5, 0.6) is 0 Å². The van der Waals surface area contributed by atoms with E-state index in [1.807, 2.05) is 0 Å². The Morgan fingerprint density at radius 3 is 2.03 bits per heavy atom. The molecule has 0 heterocycles. The summed E-state index contributed by atoms with van der Waals surface area (Å²) < 4.78 is 4.65. The molecule has 0 fully saturated rings. The summed E-state index contributed by atoms with van der Waals surface area (Å²) in [4.78, 5) is 58.3. The molecule has 1 unspecified atom stereocenters. The number of carbonyl (C=O) groups is 5. The van der Waals surface area contributed by atoms with E-state index in [-0.39, 0.29) is 6.61 Å². The van der Waals surface area contributed by atoms with Crippen molar-refractivity contribution in [3.8, 4) is 0 Å². The summed E-state index contributed by atoms with van der Waals surface area (Å²) in [5.41, 5.74) is 16.5. The van der Waals surface area contributed by atoms with Crippen LogP contribution in [-0.2, 0) is 30.5 Å². The largest absolute Gasteiger partial charge is 0.445 e. The minimum atomic E-state index is -1.26. The molecule has 9 N–H and O–H groups in total. The molecule has 0 aliphatic rings. The highest BCUT2D eigenvalue weighted by atomic mass is 16.5. The van der Waals surface area contributed by atoms with Gasteiger partial charge in [-0.25, -0.2) is 4.79 Å². The maximum atomic E-state index is 12.5. The second-order valence-electron chi connectivity index (χ2n) is 6.54. The fraction of sp³-hybridized carbons (Fsp3) is 0.389. The Balaban J connectivity index is 2.76. The third kappa shape index (κ3) is 8.56. The molecule has 1 aromatic carbocycles. The number of nitrogens with one attached hydrogen (secondary N) is 3. The molecule has 5 amide bonds. The molecule has 12 heteroatoms. The van der Waals surface area contributed by atoms with Crippen LogP contribution in [0.4, 0.5) is 10.5 Å². The van der Waals surface area contributed by atoms with Gasteiger partial charge in [-0.15, -0.1) is 0 Å². The third-order valence-corrected chi connectivity index (χ3v) is 3.81. The normalized spacial score (nSPS) is 13.3. The Bertz CT molecular complexity index is 795. The SMILES string of the molecule is C[C@H](N)C(=O)N[C@@H](C)C(=O)NC(CC(N)=O)C(=O)Nc1ccc(COC(N)=O)cc1. The lowest BCUT2D eigenvalue weighted by Crippen LogP contribution is -2.54. The van der Waals surface area contributed by atoms with E-state index in [1.54, 1.807) is 12.1 Å². The quantitative estimate of drug-likeness (QED) is 0.261. The molecule has 0 aliphatic heterocycles. The van der Waals surface area contributed by atoms with E-state index in [0.717, 1.165) is 0 Å². The molecule has 0 spiro atoms. The molecule has 164 valence electrons. The van der Waals surface area contributed by atoms with Crippen molar-refractivity contribution >= 4 is 35.4 Å². The van der Waals surface area contributed by atoms with Crippen molar-refractivity contribution < 1.29 is 28.7 Å². The van der Waals surface area contributed by atoms with Crippen LogP contribution in [0.2, 0.25) is 0 Å². The number of carbonyl (C=O) groups excluding carboxylic acids is 5. The maximum Gasteiger partial charge on any atom is 0.404 e. The zero-order valence-corrected chi connectivity index (χ0v) is 16.6. The second kappa shape index (κ2) is 11.4. The first-order chi connectivity index (χ1) is 14.0. The number of primary amides is 2. The average Bonchev–Trinajstić information content (AvgIpc) is 2.66. The van der Waals surface area contributed by atoms with Gasteiger partial charge in [0.15, 0.2) is 0 Å². The molecule has 0 aromatic heterocycles. The van der Waals surface area contributed by atoms with Crippen molar-refractivity contribution in [2.75, 3.05) is 5.32 Å². The van der Waals surface area contributed by atoms with Gasteiger partial charge < -0.3 is 37.9 Å². The number of ether oxygens (including phenoxy) is 1. The Labute approximate surface area is 172 Å². The Kier molecular flexibility index (Phi) is 9.23. The summed E-state index contributed by atoms with van der Waals surface area (Å²) >= 11 is 0. The van der Waals surface area contributed by atoms with Crippen molar-refractivity contribution in [3.05, 3.63) is 29.8 Å². The lowest BCUT2D eigenvalue weighted by Gasteiger charge is -2.21. The average molecular weight is 422 g/mol. The highest BCUT2D eigenvalue weighted by Gasteiger charge is 2.26. The van der Waals surface area contributed by atoms with Gasteiger partial charge >= 0.3 is 6.09 Å². The van der Waals surface area contributed by atoms with Gasteiger partial charge in [0.1, 0.15) is 18.7 Å². The molecule has 0 radical (unpaired) electrons. The van der Waals surface area contributed by atoms with Crippen LogP contribution in [-0.4, -0.2) is 47.8 Å². The Hall–Kier alpha value is -3.67. The van der Waals surface area contributed by atoms with Gasteiger partial charge in [-0.3, -0.25) is 19.2 Å². The van der Waals surface area contributed by atoms with Gasteiger partial charge in [0.05, 0.1) is 12.5 Å². The minimum Gasteiger partial charge on any atom is -0.445 e. The fourth-order valence-corrected chi connectivity index (χ4v) is 2.19. The molecular weight excluding hydrogens is 396 g/mol. The van der Waals surface area contributed by atoms with E-state index in [4.69, 9.17) is 17.2 Å². The van der Waals surface area contributed by atoms with Gasteiger partial charge in [0, 0.05) is 5.69 Å². The number of rotatable bonds is 10. The van der Waals surface area contributed by atoms with Gasteiger partial charge in [-0.2, -0.15) is 0 Å². The lowest BCUT2D eigenvalue weighted by molar-refractivity contribution is -0.131. The van der Waals surface area contributed by atoms with E-state index in [9.17, 15) is 24.0 Å². The first kappa shape index (κ1) is 24.4. The predicted octanol–water partition coefficient (Wildman–Crippen LogP) is -1.57. The van der Waals surface area contributed by atoms with E-state index >= 15 is 0 Å². The minimum absolute atomic E-state index is 0.0328. The lowest BCUT2D eigenvalue weighted by atomic mass is 10.1. The molecule has 0 bridgehead atoms. The summed E-state index contributed by atoms with van der Waals surface area (Å²) in [6.45, 7) is 2.82. The van der Waals surface area contributed by atoms with E-state index in [2.05, 4.69) is 20.7 Å². The van der Waals surface area contributed by atoms with Crippen LogP contribution in [0.25, 0.3) is 0 Å². The highest BCUT2D eigenvalue weighted by Crippen LogP contribution is 2.11. The van der Waals surface area contributed by atoms with Gasteiger partial charge in [0.2, 0.25) is 23.6 Å². The standard InChI is InChI=1S/C18H26N6O6/c1-9(19)15(26)22-10(2)16(27)24-13(7-14(20)25)17(28)23-12-5-3-11(4-6-12)8-30-18(21)29/h3-6,9-10,13H,7-8,19H2,1-2H3,(H2,20,25)(H2,21,29)(H,22,26)(H,23,28)(H,24,27)/t9-,10-,13?/m0/s1. The van der Waals surface area contributed by atoms with Crippen molar-refractivity contribution in [2.24, 2.45) is 17.2 Å². The number of nitrogens with two attached hydrogens (primary N) is 3. The number of anilines is 1. The number of hydrogen-bond acceptors (Lipinski definition) is 7. The number of hydrogen-bond donors (Lipinski definition) is 6. The molecule has 3 atom stereocenters. The summed E-state index contributed by atoms with van der Waals surface area (Å²) in [7, 11) is 0. The first-order valence-electron chi connectivity index (χ1n) is 8.96. The molecular formula is C18H26N6O6. The van der Waals surface area contributed by atoms with Crippen molar-refractivity contribution in [1.82, 2.24) is 10.6 Å². The van der Waals surface area contributed by atoms with Crippen LogP contribution in [0.1, 0.15) is 25.8 Å². The van der Waals surface area contributed by atoms with Crippen molar-refractivity contribution in [2.45, 2.75) is 45.0 Å². The molecule has 0 aliphatic carbocycles. The van der Waals surface area contributed by atoms with E-state index in [0.29, 0.717) is 11.3 Å². The van der Waals surface area contributed by atoms with Crippen molar-refractivity contribution in [1.29, 1.82) is 0 Å². The molecule has 1 rings (SSSR count). The molecule has 0 saturated carbocycles. The predicted molar refractivity (Wildman–Crippen MR) is 106 cm³/mol. The molecule has 12 nitrogen and oxygen atoms in total. The molecule has 0 saturated heterocycles. The van der Waals surface area contributed by atoms with E-state index < -0.39 is 54.3 Å². The Morgan fingerprint density at radius 1 is 0.933 bits per heavy atom. The number of amides is 5. The Morgan fingerprint density at radius 2 is 1.53 bits per heavy atom. The topological polar surface area (TPSA) is 209 Å². The van der Waals surface area contributed by atoms with Crippen LogP contribution in [0.15, 0.2) is 24.3 Å². The zero-order chi connectivity index (χ0) is 22.8. The summed E-state index contributed by atoms with van der Waals surface area (Å²) in [6.07, 6.45) is -1.36. The number of benzene rings is 1. The summed E-state index contributed by atoms with van der Waals surface area (Å²) in [6, 6.07) is 3.18. The summed E-state index contributed by atoms with van der Waals surface area (Å²) in [5, 5.41) is 7.30. The smallest absolute Gasteiger partial charge is 0.404 e. The van der Waals surface area contributed by atoms with E-state index in [1.165, 1.54) is 26.0 Å². The van der Waals surface area contributed by atoms with Gasteiger partial charge in [-0.1, -0.05) is 12.1 Å². The second-order valence-corrected chi connectivity index (χ2v) is 6.54. The fourth-order valence-electron chi connectivity index (χ4n) is 2.19. The van der Waals surface area contributed by atoms with Gasteiger partial charge in [-0.05, 0) is 31.5 Å². The highest BCUT2D eigenvalue weighted by molar-refractivity contribution is 6.00. The van der Waals surface area contributed by atoms with Crippen LogP contribution >= 0.6 is 0 Å². The third-order valence-electron chi connectivity index (χ3n) is 3.81. The van der Waals surface area contributed by atoms with Crippen molar-refractivity contribution in [3.63, 3.8) is 0 Å².